The Kier molecular flexibility index (Phi) is 4.94. The van der Waals surface area contributed by atoms with Crippen molar-refractivity contribution < 1.29 is 20.1 Å². The molecule has 7 nitrogen and oxygen atoms in total. The molecular weight excluding hydrogens is 348 g/mol. The van der Waals surface area contributed by atoms with Gasteiger partial charge in [-0.2, -0.15) is 0 Å². The van der Waals surface area contributed by atoms with Gasteiger partial charge in [-0.25, -0.2) is 4.79 Å². The van der Waals surface area contributed by atoms with Crippen LogP contribution in [0, 0.1) is 0 Å². The van der Waals surface area contributed by atoms with Crippen LogP contribution in [-0.4, -0.2) is 34.4 Å². The lowest BCUT2D eigenvalue weighted by molar-refractivity contribution is -0.138. The van der Waals surface area contributed by atoms with Gasteiger partial charge in [0.25, 0.3) is 0 Å². The number of para-hydroxylation sites is 1. The lowest BCUT2D eigenvalue weighted by atomic mass is 10.1. The first-order valence-corrected chi connectivity index (χ1v) is 8.24. The fraction of sp³-hybridized carbons (Fsp3) is 0.150. The third-order valence-electron chi connectivity index (χ3n) is 4.29. The molecule has 0 saturated heterocycles. The summed E-state index contributed by atoms with van der Waals surface area (Å²) in [5.74, 6) is -1.45. The number of phenolic OH excluding ortho intramolecular Hbond substituents is 1. The number of carboxylic acid groups (broad SMARTS) is 1. The Hall–Kier alpha value is -3.61. The molecule has 1 atom stereocenters. The summed E-state index contributed by atoms with van der Waals surface area (Å²) in [7, 11) is 1.64. The van der Waals surface area contributed by atoms with Crippen LogP contribution in [0.3, 0.4) is 0 Å². The van der Waals surface area contributed by atoms with Crippen LogP contribution < -0.4 is 15.7 Å². The molecule has 0 aliphatic rings. The van der Waals surface area contributed by atoms with Crippen LogP contribution in [-0.2, 0) is 11.2 Å². The van der Waals surface area contributed by atoms with Gasteiger partial charge in [0.2, 0.25) is 5.43 Å². The summed E-state index contributed by atoms with van der Waals surface area (Å²) in [6, 6.07) is 13.8. The quantitative estimate of drug-likeness (QED) is 0.612. The molecule has 0 radical (unpaired) electrons. The number of aliphatic carboxylic acids is 1. The maximum Gasteiger partial charge on any atom is 0.328 e. The highest BCUT2D eigenvalue weighted by Gasteiger charge is 2.25. The van der Waals surface area contributed by atoms with Gasteiger partial charge in [-0.1, -0.05) is 30.3 Å². The minimum absolute atomic E-state index is 0.0313. The van der Waals surface area contributed by atoms with Gasteiger partial charge in [0, 0.05) is 19.2 Å². The van der Waals surface area contributed by atoms with E-state index in [1.54, 1.807) is 43.4 Å². The molecule has 0 unspecified atom stereocenters. The molecule has 0 heterocycles. The molecule has 138 valence electrons. The summed E-state index contributed by atoms with van der Waals surface area (Å²) in [5.41, 5.74) is 0.927. The van der Waals surface area contributed by atoms with Gasteiger partial charge in [-0.3, -0.25) is 9.79 Å². The van der Waals surface area contributed by atoms with Gasteiger partial charge >= 0.3 is 5.97 Å². The van der Waals surface area contributed by atoms with E-state index >= 15 is 0 Å². The van der Waals surface area contributed by atoms with Crippen molar-refractivity contribution in [2.45, 2.75) is 12.5 Å². The zero-order valence-corrected chi connectivity index (χ0v) is 14.5. The predicted octanol–water partition coefficient (Wildman–Crippen LogP) is 1.70. The minimum Gasteiger partial charge on any atom is -0.508 e. The highest BCUT2D eigenvalue weighted by Crippen LogP contribution is 2.27. The van der Waals surface area contributed by atoms with Gasteiger partial charge in [0.05, 0.1) is 0 Å². The number of nitrogens with zero attached hydrogens (tertiary/aromatic N) is 2. The predicted molar refractivity (Wildman–Crippen MR) is 100 cm³/mol. The number of benzene rings is 2. The van der Waals surface area contributed by atoms with Gasteiger partial charge in [-0.15, -0.1) is 0 Å². The van der Waals surface area contributed by atoms with E-state index in [0.29, 0.717) is 11.3 Å². The number of hydrogen-bond acceptors (Lipinski definition) is 6. The van der Waals surface area contributed by atoms with Gasteiger partial charge in [0.1, 0.15) is 11.4 Å². The molecule has 0 aromatic heterocycles. The third kappa shape index (κ3) is 3.67. The van der Waals surface area contributed by atoms with E-state index in [4.69, 9.17) is 0 Å². The lowest BCUT2D eigenvalue weighted by Gasteiger charge is -2.22. The molecule has 0 spiro atoms. The zero-order valence-electron chi connectivity index (χ0n) is 14.5. The normalized spacial score (nSPS) is 12.9. The Labute approximate surface area is 154 Å². The number of carbonyl (C=O) groups is 1. The summed E-state index contributed by atoms with van der Waals surface area (Å²) in [4.78, 5) is 29.4. The average Bonchev–Trinajstić information content (AvgIpc) is 2.67. The van der Waals surface area contributed by atoms with Gasteiger partial charge in [0.15, 0.2) is 17.1 Å². The van der Waals surface area contributed by atoms with E-state index < -0.39 is 17.4 Å². The van der Waals surface area contributed by atoms with E-state index in [-0.39, 0.29) is 29.0 Å². The Morgan fingerprint density at radius 3 is 2.26 bits per heavy atom. The van der Waals surface area contributed by atoms with Crippen LogP contribution in [0.5, 0.6) is 11.5 Å². The first kappa shape index (κ1) is 18.2. The smallest absolute Gasteiger partial charge is 0.328 e. The Bertz CT molecular complexity index is 1030. The molecule has 0 fully saturated rings. The van der Waals surface area contributed by atoms with E-state index in [0.717, 1.165) is 0 Å². The monoisotopic (exact) mass is 366 g/mol. The fourth-order valence-corrected chi connectivity index (χ4v) is 2.79. The molecule has 0 aliphatic heterocycles. The topological polar surface area (TPSA) is 110 Å². The van der Waals surface area contributed by atoms with Crippen molar-refractivity contribution in [3.63, 3.8) is 0 Å². The number of carboxylic acids is 1. The van der Waals surface area contributed by atoms with E-state index in [1.807, 2.05) is 6.07 Å². The maximum absolute atomic E-state index is 12.4. The Balaban J connectivity index is 1.90. The van der Waals surface area contributed by atoms with Crippen molar-refractivity contribution in [1.82, 2.24) is 0 Å². The van der Waals surface area contributed by atoms with E-state index in [2.05, 4.69) is 4.99 Å². The number of aromatic hydroxyl groups is 2. The summed E-state index contributed by atoms with van der Waals surface area (Å²) in [6.45, 7) is 0. The number of hydrogen-bond donors (Lipinski definition) is 3. The largest absolute Gasteiger partial charge is 0.508 e. The fourth-order valence-electron chi connectivity index (χ4n) is 2.79. The van der Waals surface area contributed by atoms with Crippen LogP contribution in [0.4, 0.5) is 11.4 Å². The van der Waals surface area contributed by atoms with Crippen molar-refractivity contribution in [3.05, 3.63) is 75.7 Å². The molecule has 0 saturated carbocycles. The molecule has 0 aliphatic carbocycles. The van der Waals surface area contributed by atoms with Crippen LogP contribution in [0.1, 0.15) is 5.56 Å². The maximum atomic E-state index is 12.4. The van der Waals surface area contributed by atoms with E-state index in [9.17, 15) is 24.9 Å². The van der Waals surface area contributed by atoms with Crippen molar-refractivity contribution in [1.29, 1.82) is 0 Å². The average molecular weight is 366 g/mol. The first-order valence-electron chi connectivity index (χ1n) is 8.24. The molecule has 3 aromatic carbocycles. The summed E-state index contributed by atoms with van der Waals surface area (Å²) in [6.07, 6.45) is 0.0313. The third-order valence-corrected chi connectivity index (χ3v) is 4.29. The highest BCUT2D eigenvalue weighted by molar-refractivity contribution is 5.75. The standard InChI is InChI=1S/C20H18N2O5/c1-22(13-5-3-2-4-6-13)17-18(24)16(19(17)25)21-15(20(26)27)11-12-7-9-14(23)10-8-12/h2-10,15,23-24H,11H2,1H3,(H,26,27)/t15-/m0/s1. The molecule has 3 aromatic rings. The molecule has 27 heavy (non-hydrogen) atoms. The van der Waals surface area contributed by atoms with Crippen LogP contribution in [0.2, 0.25) is 0 Å². The first-order chi connectivity index (χ1) is 12.9. The van der Waals surface area contributed by atoms with Crippen LogP contribution in [0.25, 0.3) is 0 Å². The minimum atomic E-state index is -1.22. The Morgan fingerprint density at radius 2 is 1.70 bits per heavy atom. The molecule has 3 N–H and O–H groups in total. The lowest BCUT2D eigenvalue weighted by Crippen LogP contribution is -2.39. The van der Waals surface area contributed by atoms with Gasteiger partial charge < -0.3 is 20.2 Å². The molecule has 0 bridgehead atoms. The number of rotatable bonds is 6. The zero-order chi connectivity index (χ0) is 19.6. The molecule has 3 rings (SSSR count). The second-order valence-corrected chi connectivity index (χ2v) is 6.12. The molecular formula is C20H18N2O5. The van der Waals surface area contributed by atoms with Crippen molar-refractivity contribution in [3.8, 4) is 11.5 Å². The Morgan fingerprint density at radius 1 is 1.07 bits per heavy atom. The number of anilines is 2. The second-order valence-electron chi connectivity index (χ2n) is 6.12. The van der Waals surface area contributed by atoms with Crippen molar-refractivity contribution in [2.24, 2.45) is 4.99 Å². The van der Waals surface area contributed by atoms with Crippen molar-refractivity contribution >= 4 is 17.3 Å². The van der Waals surface area contributed by atoms with Gasteiger partial charge in [-0.05, 0) is 29.8 Å². The second kappa shape index (κ2) is 7.33. The molecule has 0 amide bonds. The van der Waals surface area contributed by atoms with Crippen LogP contribution >= 0.6 is 0 Å². The van der Waals surface area contributed by atoms with Crippen molar-refractivity contribution in [2.75, 3.05) is 11.9 Å². The van der Waals surface area contributed by atoms with E-state index in [1.165, 1.54) is 17.0 Å². The summed E-state index contributed by atoms with van der Waals surface area (Å²) >= 11 is 0. The summed E-state index contributed by atoms with van der Waals surface area (Å²) in [5, 5.41) is 28.7. The highest BCUT2D eigenvalue weighted by atomic mass is 16.4. The molecule has 7 heteroatoms. The summed E-state index contributed by atoms with van der Waals surface area (Å²) < 4.78 is 0. The SMILES string of the molecule is CN(c1ccccc1)c1c(O)c(=N[C@@H](Cc2ccc(O)cc2)C(=O)O)c1=O. The van der Waals surface area contributed by atoms with Crippen LogP contribution in [0.15, 0.2) is 64.4 Å². The number of phenols is 1.